The molecule has 1 fully saturated rings. The number of nitrogens with zero attached hydrogens (tertiary/aromatic N) is 2. The van der Waals surface area contributed by atoms with Crippen molar-refractivity contribution in [2.24, 2.45) is 0 Å². The number of aromatic nitrogens is 2. The van der Waals surface area contributed by atoms with Crippen molar-refractivity contribution in [1.29, 1.82) is 0 Å². The van der Waals surface area contributed by atoms with Crippen LogP contribution < -0.4 is 10.2 Å². The fraction of sp³-hybridized carbons (Fsp3) is 0.421. The van der Waals surface area contributed by atoms with Gasteiger partial charge in [0.25, 0.3) is 0 Å². The first-order valence-corrected chi connectivity index (χ1v) is 9.06. The predicted molar refractivity (Wildman–Crippen MR) is 97.0 cm³/mol. The Morgan fingerprint density at radius 2 is 2.23 bits per heavy atom. The Balaban J connectivity index is 1.53. The molecule has 7 heteroatoms. The van der Waals surface area contributed by atoms with Crippen LogP contribution in [0.25, 0.3) is 11.3 Å². The zero-order valence-corrected chi connectivity index (χ0v) is 14.7. The SMILES string of the molecule is CCC(=O)NC[C@H]1CN(c2ccc3c(c2)CCCc2cn[nH]c2-3)C(=O)O1. The lowest BCUT2D eigenvalue weighted by Gasteiger charge is -2.16. The zero-order chi connectivity index (χ0) is 18.1. The first kappa shape index (κ1) is 16.6. The molecular weight excluding hydrogens is 332 g/mol. The van der Waals surface area contributed by atoms with Crippen LogP contribution in [-0.2, 0) is 22.4 Å². The van der Waals surface area contributed by atoms with Crippen LogP contribution in [0.5, 0.6) is 0 Å². The standard InChI is InChI=1S/C19H22N4O3/c1-2-17(24)20-10-15-11-23(19(25)26-15)14-6-7-16-12(8-14)4-3-5-13-9-21-22-18(13)16/h6-9,15H,2-5,10-11H2,1H3,(H,20,24)(H,21,22)/t15-/m0/s1. The van der Waals surface area contributed by atoms with Crippen molar-refractivity contribution in [2.45, 2.75) is 38.7 Å². The number of hydrogen-bond donors (Lipinski definition) is 2. The molecule has 7 nitrogen and oxygen atoms in total. The summed E-state index contributed by atoms with van der Waals surface area (Å²) in [5.41, 5.74) is 5.51. The summed E-state index contributed by atoms with van der Waals surface area (Å²) >= 11 is 0. The van der Waals surface area contributed by atoms with Crippen LogP contribution in [0, 0.1) is 0 Å². The van der Waals surface area contributed by atoms with Gasteiger partial charge in [-0.05, 0) is 42.5 Å². The number of aromatic amines is 1. The molecule has 2 heterocycles. The van der Waals surface area contributed by atoms with Gasteiger partial charge in [-0.1, -0.05) is 13.0 Å². The fourth-order valence-corrected chi connectivity index (χ4v) is 3.59. The van der Waals surface area contributed by atoms with E-state index in [0.29, 0.717) is 19.5 Å². The van der Waals surface area contributed by atoms with Gasteiger partial charge in [0, 0.05) is 17.7 Å². The molecule has 2 aromatic rings. The number of cyclic esters (lactones) is 1. The minimum absolute atomic E-state index is 0.0418. The third-order valence-electron chi connectivity index (χ3n) is 5.00. The maximum Gasteiger partial charge on any atom is 0.414 e. The van der Waals surface area contributed by atoms with E-state index in [1.54, 1.807) is 11.8 Å². The summed E-state index contributed by atoms with van der Waals surface area (Å²) < 4.78 is 5.39. The molecule has 2 N–H and O–H groups in total. The molecule has 0 unspecified atom stereocenters. The molecule has 1 aromatic heterocycles. The number of ether oxygens (including phenoxy) is 1. The number of anilines is 1. The predicted octanol–water partition coefficient (Wildman–Crippen LogP) is 2.42. The Morgan fingerprint density at radius 1 is 1.38 bits per heavy atom. The van der Waals surface area contributed by atoms with Gasteiger partial charge >= 0.3 is 6.09 Å². The van der Waals surface area contributed by atoms with Crippen LogP contribution >= 0.6 is 0 Å². The fourth-order valence-electron chi connectivity index (χ4n) is 3.59. The first-order valence-electron chi connectivity index (χ1n) is 9.06. The van der Waals surface area contributed by atoms with Gasteiger partial charge in [0.1, 0.15) is 6.10 Å². The van der Waals surface area contributed by atoms with E-state index in [0.717, 1.165) is 36.2 Å². The second kappa shape index (κ2) is 6.82. The van der Waals surface area contributed by atoms with Crippen LogP contribution in [0.15, 0.2) is 24.4 Å². The van der Waals surface area contributed by atoms with Crippen molar-refractivity contribution in [2.75, 3.05) is 18.0 Å². The molecule has 1 aromatic carbocycles. The smallest absolute Gasteiger partial charge is 0.414 e. The van der Waals surface area contributed by atoms with Crippen LogP contribution in [0.3, 0.4) is 0 Å². The van der Waals surface area contributed by atoms with Crippen molar-refractivity contribution in [1.82, 2.24) is 15.5 Å². The molecule has 0 bridgehead atoms. The monoisotopic (exact) mass is 354 g/mol. The Bertz CT molecular complexity index is 845. The van der Waals surface area contributed by atoms with Crippen molar-refractivity contribution in [3.05, 3.63) is 35.5 Å². The van der Waals surface area contributed by atoms with Crippen molar-refractivity contribution in [3.8, 4) is 11.3 Å². The van der Waals surface area contributed by atoms with Gasteiger partial charge in [0.2, 0.25) is 5.91 Å². The van der Waals surface area contributed by atoms with Crippen LogP contribution in [0.2, 0.25) is 0 Å². The van der Waals surface area contributed by atoms with E-state index in [2.05, 4.69) is 21.6 Å². The Labute approximate surface area is 151 Å². The minimum atomic E-state index is -0.364. The molecule has 1 saturated heterocycles. The summed E-state index contributed by atoms with van der Waals surface area (Å²) in [6.45, 7) is 2.58. The Hall–Kier alpha value is -2.83. The summed E-state index contributed by atoms with van der Waals surface area (Å²) in [6.07, 6.45) is 4.65. The van der Waals surface area contributed by atoms with E-state index in [1.165, 1.54) is 11.1 Å². The van der Waals surface area contributed by atoms with Crippen LogP contribution in [0.4, 0.5) is 10.5 Å². The van der Waals surface area contributed by atoms with Gasteiger partial charge < -0.3 is 10.1 Å². The van der Waals surface area contributed by atoms with Crippen molar-refractivity contribution >= 4 is 17.7 Å². The van der Waals surface area contributed by atoms with Gasteiger partial charge in [-0.2, -0.15) is 5.10 Å². The van der Waals surface area contributed by atoms with E-state index in [1.807, 2.05) is 18.3 Å². The molecule has 0 saturated carbocycles. The topological polar surface area (TPSA) is 87.3 Å². The lowest BCUT2D eigenvalue weighted by molar-refractivity contribution is -0.121. The Kier molecular flexibility index (Phi) is 4.36. The second-order valence-corrected chi connectivity index (χ2v) is 6.74. The highest BCUT2D eigenvalue weighted by molar-refractivity contribution is 5.90. The van der Waals surface area contributed by atoms with Gasteiger partial charge in [-0.25, -0.2) is 4.79 Å². The summed E-state index contributed by atoms with van der Waals surface area (Å²) in [4.78, 5) is 25.3. The van der Waals surface area contributed by atoms with E-state index >= 15 is 0 Å². The quantitative estimate of drug-likeness (QED) is 0.883. The molecule has 4 rings (SSSR count). The highest BCUT2D eigenvalue weighted by atomic mass is 16.6. The minimum Gasteiger partial charge on any atom is -0.442 e. The van der Waals surface area contributed by atoms with Gasteiger partial charge in [-0.3, -0.25) is 14.8 Å². The average Bonchev–Trinajstić information content (AvgIpc) is 3.22. The van der Waals surface area contributed by atoms with E-state index in [-0.39, 0.29) is 18.1 Å². The number of carbonyl (C=O) groups excluding carboxylic acids is 2. The normalized spacial score (nSPS) is 18.7. The maximum atomic E-state index is 12.3. The number of rotatable bonds is 4. The van der Waals surface area contributed by atoms with Crippen molar-refractivity contribution in [3.63, 3.8) is 0 Å². The highest BCUT2D eigenvalue weighted by Crippen LogP contribution is 2.34. The van der Waals surface area contributed by atoms with Gasteiger partial charge in [-0.15, -0.1) is 0 Å². The molecule has 1 aliphatic carbocycles. The number of nitrogens with one attached hydrogen (secondary N) is 2. The summed E-state index contributed by atoms with van der Waals surface area (Å²) in [5.74, 6) is -0.0418. The lowest BCUT2D eigenvalue weighted by Crippen LogP contribution is -2.34. The van der Waals surface area contributed by atoms with Crippen LogP contribution in [0.1, 0.15) is 30.9 Å². The number of benzene rings is 1. The number of H-pyrrole nitrogens is 1. The summed E-state index contributed by atoms with van der Waals surface area (Å²) in [6, 6.07) is 6.06. The molecular formula is C19H22N4O3. The molecule has 0 spiro atoms. The third kappa shape index (κ3) is 3.05. The van der Waals surface area contributed by atoms with E-state index in [4.69, 9.17) is 4.74 Å². The number of amides is 2. The molecule has 2 aliphatic rings. The molecule has 1 aliphatic heterocycles. The average molecular weight is 354 g/mol. The molecule has 1 atom stereocenters. The molecule has 26 heavy (non-hydrogen) atoms. The lowest BCUT2D eigenvalue weighted by atomic mass is 10.0. The number of fused-ring (bicyclic) bond motifs is 3. The first-order chi connectivity index (χ1) is 12.7. The third-order valence-corrected chi connectivity index (χ3v) is 5.00. The Morgan fingerprint density at radius 3 is 3.08 bits per heavy atom. The largest absolute Gasteiger partial charge is 0.442 e. The zero-order valence-electron chi connectivity index (χ0n) is 14.7. The number of carbonyl (C=O) groups is 2. The molecule has 0 radical (unpaired) electrons. The number of hydrogen-bond acceptors (Lipinski definition) is 4. The second-order valence-electron chi connectivity index (χ2n) is 6.74. The number of aryl methyl sites for hydroxylation is 2. The maximum absolute atomic E-state index is 12.3. The van der Waals surface area contributed by atoms with Gasteiger partial charge in [0.05, 0.1) is 25.0 Å². The van der Waals surface area contributed by atoms with E-state index < -0.39 is 0 Å². The van der Waals surface area contributed by atoms with E-state index in [9.17, 15) is 9.59 Å². The van der Waals surface area contributed by atoms with Crippen LogP contribution in [-0.4, -0.2) is 41.4 Å². The summed E-state index contributed by atoms with van der Waals surface area (Å²) in [5, 5.41) is 10.0. The van der Waals surface area contributed by atoms with Gasteiger partial charge in [0.15, 0.2) is 0 Å². The highest BCUT2D eigenvalue weighted by Gasteiger charge is 2.33. The summed E-state index contributed by atoms with van der Waals surface area (Å²) in [7, 11) is 0. The van der Waals surface area contributed by atoms with Crippen molar-refractivity contribution < 1.29 is 14.3 Å². The molecule has 136 valence electrons. The molecule has 2 amide bonds.